The van der Waals surface area contributed by atoms with Crippen LogP contribution in [0, 0.1) is 11.3 Å². The molecule has 1 saturated heterocycles. The van der Waals surface area contributed by atoms with Gasteiger partial charge >= 0.3 is 0 Å². The Labute approximate surface area is 210 Å². The molecule has 10 nitrogen and oxygen atoms in total. The lowest BCUT2D eigenvalue weighted by atomic mass is 9.99. The van der Waals surface area contributed by atoms with Gasteiger partial charge in [0.15, 0.2) is 0 Å². The van der Waals surface area contributed by atoms with E-state index in [0.717, 1.165) is 10.1 Å². The molecule has 3 aromatic heterocycles. The van der Waals surface area contributed by atoms with Crippen LogP contribution in [0.25, 0.3) is 22.1 Å². The smallest absolute Gasteiger partial charge is 0.265 e. The summed E-state index contributed by atoms with van der Waals surface area (Å²) in [6, 6.07) is 10.2. The summed E-state index contributed by atoms with van der Waals surface area (Å²) < 4.78 is 15.1. The Hall–Kier alpha value is -4.59. The number of alkyl halides is 1. The molecule has 1 aromatic carbocycles. The van der Waals surface area contributed by atoms with Gasteiger partial charge in [-0.05, 0) is 30.7 Å². The summed E-state index contributed by atoms with van der Waals surface area (Å²) in [6.45, 7) is 3.00. The van der Waals surface area contributed by atoms with E-state index in [0.29, 0.717) is 34.2 Å². The number of hydrogen-bond donors (Lipinski definition) is 2. The van der Waals surface area contributed by atoms with E-state index in [2.05, 4.69) is 20.3 Å². The minimum Gasteiger partial charge on any atom is -0.348 e. The maximum absolute atomic E-state index is 14.0. The lowest BCUT2D eigenvalue weighted by molar-refractivity contribution is -0.144. The number of aryl methyl sites for hydroxylation is 1. The largest absolute Gasteiger partial charge is 0.348 e. The van der Waals surface area contributed by atoms with Crippen LogP contribution >= 0.6 is 0 Å². The van der Waals surface area contributed by atoms with Crippen molar-refractivity contribution >= 4 is 33.9 Å². The molecule has 2 N–H and O–H groups in total. The second-order valence-corrected chi connectivity index (χ2v) is 9.40. The number of pyridine rings is 2. The van der Waals surface area contributed by atoms with Crippen LogP contribution in [0.15, 0.2) is 41.3 Å². The third kappa shape index (κ3) is 4.53. The van der Waals surface area contributed by atoms with E-state index in [1.54, 1.807) is 24.3 Å². The topological polar surface area (TPSA) is 137 Å². The molecule has 0 atom stereocenters. The van der Waals surface area contributed by atoms with Crippen molar-refractivity contribution < 1.29 is 14.0 Å². The zero-order valence-electron chi connectivity index (χ0n) is 20.3. The van der Waals surface area contributed by atoms with E-state index in [1.807, 2.05) is 13.0 Å². The van der Waals surface area contributed by atoms with Gasteiger partial charge < -0.3 is 15.2 Å². The van der Waals surface area contributed by atoms with Gasteiger partial charge in [0.2, 0.25) is 5.91 Å². The van der Waals surface area contributed by atoms with Crippen molar-refractivity contribution in [1.29, 1.82) is 5.26 Å². The molecule has 0 unspecified atom stereocenters. The molecular weight excluding hydrogens is 477 g/mol. The van der Waals surface area contributed by atoms with Crippen molar-refractivity contribution in [1.82, 2.24) is 29.7 Å². The zero-order valence-corrected chi connectivity index (χ0v) is 20.3. The summed E-state index contributed by atoms with van der Waals surface area (Å²) in [6.07, 6.45) is 2.16. The van der Waals surface area contributed by atoms with Crippen LogP contribution < -0.4 is 10.9 Å². The first-order chi connectivity index (χ1) is 17.7. The first-order valence-corrected chi connectivity index (χ1v) is 11.8. The number of rotatable bonds is 6. The van der Waals surface area contributed by atoms with Crippen molar-refractivity contribution in [3.63, 3.8) is 0 Å². The van der Waals surface area contributed by atoms with Crippen molar-refractivity contribution in [2.24, 2.45) is 0 Å². The van der Waals surface area contributed by atoms with Crippen LogP contribution in [0.4, 0.5) is 4.39 Å². The standard InChI is InChI=1S/C26H24FN7O3/c1-3-20-31-19-11-29-23-17(22(19)32-20)8-18(24(36)30-10-16-6-4-15(9-28)5-7-16)25(37)34(23)12-21(35)33-13-26(2,27)14-33/h4-8,11H,3,10,12-14H2,1-2H3,(H,30,36)(H,31,32). The molecule has 0 radical (unpaired) electrons. The predicted octanol–water partition coefficient (Wildman–Crippen LogP) is 2.21. The van der Waals surface area contributed by atoms with Gasteiger partial charge in [-0.15, -0.1) is 0 Å². The normalized spacial score (nSPS) is 14.4. The van der Waals surface area contributed by atoms with Gasteiger partial charge in [-0.25, -0.2) is 14.4 Å². The highest BCUT2D eigenvalue weighted by atomic mass is 19.1. The van der Waals surface area contributed by atoms with Crippen LogP contribution in [-0.2, 0) is 24.3 Å². The van der Waals surface area contributed by atoms with Gasteiger partial charge in [0.25, 0.3) is 11.5 Å². The van der Waals surface area contributed by atoms with E-state index in [1.165, 1.54) is 24.1 Å². The number of halogens is 1. The van der Waals surface area contributed by atoms with Crippen molar-refractivity contribution in [2.75, 3.05) is 13.1 Å². The first kappa shape index (κ1) is 24.1. The third-order valence-corrected chi connectivity index (χ3v) is 6.42. The Morgan fingerprint density at radius 3 is 2.65 bits per heavy atom. The molecule has 4 heterocycles. The highest BCUT2D eigenvalue weighted by Gasteiger charge is 2.41. The monoisotopic (exact) mass is 501 g/mol. The quantitative estimate of drug-likeness (QED) is 0.416. The number of nitrogens with one attached hydrogen (secondary N) is 2. The molecule has 0 saturated carbocycles. The number of H-pyrrole nitrogens is 1. The Bertz CT molecular complexity index is 1640. The second kappa shape index (κ2) is 9.13. The van der Waals surface area contributed by atoms with Gasteiger partial charge in [-0.2, -0.15) is 5.26 Å². The van der Waals surface area contributed by atoms with E-state index >= 15 is 0 Å². The SMILES string of the molecule is CCc1nc2cnc3c(cc(C(=O)NCc4ccc(C#N)cc4)c(=O)n3CC(=O)N3CC(C)(F)C3)c2[nH]1. The van der Waals surface area contributed by atoms with E-state index < -0.39 is 23.0 Å². The summed E-state index contributed by atoms with van der Waals surface area (Å²) in [5.41, 5.74) is 0.358. The number of nitrogens with zero attached hydrogens (tertiary/aromatic N) is 5. The lowest BCUT2D eigenvalue weighted by Crippen LogP contribution is -2.60. The van der Waals surface area contributed by atoms with Crippen molar-refractivity contribution in [3.8, 4) is 6.07 Å². The molecule has 1 aliphatic rings. The minimum absolute atomic E-state index is 0.0542. The fraction of sp³-hybridized carbons (Fsp3) is 0.308. The Balaban J connectivity index is 1.54. The van der Waals surface area contributed by atoms with Crippen LogP contribution in [0.5, 0.6) is 0 Å². The van der Waals surface area contributed by atoms with Gasteiger partial charge in [-0.3, -0.25) is 19.0 Å². The van der Waals surface area contributed by atoms with Crippen LogP contribution in [-0.4, -0.2) is 55.0 Å². The number of carbonyl (C=O) groups excluding carboxylic acids is 2. The summed E-state index contributed by atoms with van der Waals surface area (Å²) in [4.78, 5) is 52.9. The van der Waals surface area contributed by atoms with Gasteiger partial charge in [0.1, 0.15) is 34.8 Å². The fourth-order valence-electron chi connectivity index (χ4n) is 4.45. The summed E-state index contributed by atoms with van der Waals surface area (Å²) in [7, 11) is 0. The van der Waals surface area contributed by atoms with Gasteiger partial charge in [0, 0.05) is 18.4 Å². The first-order valence-electron chi connectivity index (χ1n) is 11.8. The number of imidazole rings is 1. The summed E-state index contributed by atoms with van der Waals surface area (Å²) in [5.74, 6) is -0.341. The molecule has 0 bridgehead atoms. The number of benzene rings is 1. The number of nitriles is 1. The minimum atomic E-state index is -1.45. The Kier molecular flexibility index (Phi) is 5.95. The van der Waals surface area contributed by atoms with E-state index in [4.69, 9.17) is 5.26 Å². The maximum Gasteiger partial charge on any atom is 0.265 e. The third-order valence-electron chi connectivity index (χ3n) is 6.42. The molecule has 37 heavy (non-hydrogen) atoms. The summed E-state index contributed by atoms with van der Waals surface area (Å²) in [5, 5.41) is 12.2. The predicted molar refractivity (Wildman–Crippen MR) is 133 cm³/mol. The molecule has 2 amide bonds. The number of fused-ring (bicyclic) bond motifs is 3. The number of hydrogen-bond acceptors (Lipinski definition) is 6. The molecule has 0 spiro atoms. The maximum atomic E-state index is 14.0. The van der Waals surface area contributed by atoms with Crippen LogP contribution in [0.3, 0.4) is 0 Å². The second-order valence-electron chi connectivity index (χ2n) is 9.40. The average molecular weight is 502 g/mol. The number of carbonyl (C=O) groups is 2. The lowest BCUT2D eigenvalue weighted by Gasteiger charge is -2.42. The molecular formula is C26H24FN7O3. The molecule has 1 aliphatic heterocycles. The van der Waals surface area contributed by atoms with Gasteiger partial charge in [0.05, 0.1) is 36.4 Å². The van der Waals surface area contributed by atoms with Gasteiger partial charge in [-0.1, -0.05) is 19.1 Å². The van der Waals surface area contributed by atoms with Crippen molar-refractivity contribution in [3.05, 3.63) is 69.4 Å². The van der Waals surface area contributed by atoms with E-state index in [9.17, 15) is 18.8 Å². The number of aromatic nitrogens is 4. The number of amides is 2. The molecule has 11 heteroatoms. The molecule has 0 aliphatic carbocycles. The zero-order chi connectivity index (χ0) is 26.3. The molecule has 188 valence electrons. The van der Waals surface area contributed by atoms with Crippen molar-refractivity contribution in [2.45, 2.75) is 39.0 Å². The fourth-order valence-corrected chi connectivity index (χ4v) is 4.45. The van der Waals surface area contributed by atoms with E-state index in [-0.39, 0.29) is 37.4 Å². The van der Waals surface area contributed by atoms with Crippen LogP contribution in [0.1, 0.15) is 41.2 Å². The number of likely N-dealkylation sites (tertiary alicyclic amines) is 1. The molecule has 4 aromatic rings. The number of aromatic amines is 1. The van der Waals surface area contributed by atoms with Crippen LogP contribution in [0.2, 0.25) is 0 Å². The average Bonchev–Trinajstić information content (AvgIpc) is 3.31. The summed E-state index contributed by atoms with van der Waals surface area (Å²) >= 11 is 0. The molecule has 5 rings (SSSR count). The highest BCUT2D eigenvalue weighted by molar-refractivity contribution is 6.05. The Morgan fingerprint density at radius 2 is 2.00 bits per heavy atom. The Morgan fingerprint density at radius 1 is 1.27 bits per heavy atom. The molecule has 1 fully saturated rings. The highest BCUT2D eigenvalue weighted by Crippen LogP contribution is 2.26.